The van der Waals surface area contributed by atoms with Gasteiger partial charge in [-0.05, 0) is 59.0 Å². The summed E-state index contributed by atoms with van der Waals surface area (Å²) < 4.78 is 12.6. The maximum atomic E-state index is 13.2. The maximum Gasteiger partial charge on any atom is 0.303 e. The average Bonchev–Trinajstić information content (AvgIpc) is 3.15. The number of aromatic nitrogens is 3. The number of likely N-dealkylation sites (tertiary alicyclic amines) is 1. The Balaban J connectivity index is 1.39. The van der Waals surface area contributed by atoms with Crippen molar-refractivity contribution in [1.82, 2.24) is 19.6 Å². The second kappa shape index (κ2) is 10.0. The molecule has 1 fully saturated rings. The van der Waals surface area contributed by atoms with Gasteiger partial charge in [-0.25, -0.2) is 4.98 Å². The number of esters is 1. The van der Waals surface area contributed by atoms with Crippen molar-refractivity contribution < 1.29 is 14.1 Å². The highest BCUT2D eigenvalue weighted by atomic mass is 16.5. The zero-order chi connectivity index (χ0) is 23.5. The van der Waals surface area contributed by atoms with Crippen LogP contribution in [0.4, 0.5) is 0 Å². The van der Waals surface area contributed by atoms with E-state index >= 15 is 0 Å². The Morgan fingerprint density at radius 3 is 2.70 bits per heavy atom. The van der Waals surface area contributed by atoms with Crippen molar-refractivity contribution in [2.24, 2.45) is 0 Å². The average molecular weight is 455 g/mol. The van der Waals surface area contributed by atoms with E-state index in [-0.39, 0.29) is 11.5 Å². The molecule has 8 heteroatoms. The van der Waals surface area contributed by atoms with Gasteiger partial charge < -0.3 is 14.2 Å². The van der Waals surface area contributed by atoms with Gasteiger partial charge in [-0.3, -0.25) is 14.2 Å². The van der Waals surface area contributed by atoms with Gasteiger partial charge >= 0.3 is 5.97 Å². The lowest BCUT2D eigenvalue weighted by Gasteiger charge is -2.31. The molecule has 0 N–H and O–H groups in total. The van der Waals surface area contributed by atoms with Crippen molar-refractivity contribution >= 4 is 5.97 Å². The van der Waals surface area contributed by atoms with Gasteiger partial charge in [0.05, 0.1) is 5.69 Å². The van der Waals surface area contributed by atoms with Gasteiger partial charge in [-0.2, -0.15) is 0 Å². The summed E-state index contributed by atoms with van der Waals surface area (Å²) in [5.41, 5.74) is 3.77. The number of rotatable bonds is 7. The lowest BCUT2D eigenvalue weighted by molar-refractivity contribution is -0.148. The summed E-state index contributed by atoms with van der Waals surface area (Å²) >= 11 is 0. The Kier molecular flexibility index (Phi) is 7.12. The van der Waals surface area contributed by atoms with Crippen LogP contribution in [0.1, 0.15) is 78.7 Å². The number of hydrogen-bond acceptors (Lipinski definition) is 7. The highest BCUT2D eigenvalue weighted by molar-refractivity contribution is 5.66. The Bertz CT molecular complexity index is 1080. The number of nitrogens with zero attached hydrogens (tertiary/aromatic N) is 4. The smallest absolute Gasteiger partial charge is 0.303 e. The van der Waals surface area contributed by atoms with E-state index in [2.05, 4.69) is 23.6 Å². The van der Waals surface area contributed by atoms with Crippen LogP contribution in [0.2, 0.25) is 0 Å². The minimum atomic E-state index is -0.428. The van der Waals surface area contributed by atoms with Crippen molar-refractivity contribution in [1.29, 1.82) is 0 Å². The van der Waals surface area contributed by atoms with E-state index < -0.39 is 6.10 Å². The Morgan fingerprint density at radius 2 is 2.00 bits per heavy atom. The molecule has 0 aliphatic carbocycles. The van der Waals surface area contributed by atoms with Crippen LogP contribution >= 0.6 is 0 Å². The fourth-order valence-electron chi connectivity index (χ4n) is 5.13. The first-order valence-corrected chi connectivity index (χ1v) is 11.9. The monoisotopic (exact) mass is 454 g/mol. The fraction of sp³-hybridized carbons (Fsp3) is 0.600. The van der Waals surface area contributed by atoms with Crippen molar-refractivity contribution in [3.05, 3.63) is 57.1 Å². The Labute approximate surface area is 194 Å². The first kappa shape index (κ1) is 23.4. The van der Waals surface area contributed by atoms with E-state index in [9.17, 15) is 9.59 Å². The van der Waals surface area contributed by atoms with E-state index in [1.165, 1.54) is 6.92 Å². The summed E-state index contributed by atoms with van der Waals surface area (Å²) in [7, 11) is 0. The maximum absolute atomic E-state index is 13.2. The van der Waals surface area contributed by atoms with Crippen LogP contribution in [0.15, 0.2) is 22.0 Å². The van der Waals surface area contributed by atoms with Gasteiger partial charge in [0.1, 0.15) is 5.76 Å². The minimum Gasteiger partial charge on any atom is -0.454 e. The number of allylic oxidation sites excluding steroid dienone is 1. The van der Waals surface area contributed by atoms with E-state index in [1.807, 2.05) is 13.0 Å². The molecule has 2 aromatic heterocycles. The number of hydrogen-bond donors (Lipinski definition) is 0. The van der Waals surface area contributed by atoms with Crippen LogP contribution in [0.5, 0.6) is 0 Å². The predicted molar refractivity (Wildman–Crippen MR) is 124 cm³/mol. The third kappa shape index (κ3) is 4.95. The predicted octanol–water partition coefficient (Wildman–Crippen LogP) is 3.40. The van der Waals surface area contributed by atoms with Gasteiger partial charge in [-0.1, -0.05) is 11.2 Å². The molecule has 0 saturated carbocycles. The molecule has 0 bridgehead atoms. The summed E-state index contributed by atoms with van der Waals surface area (Å²) in [6.07, 6.45) is 6.38. The normalized spacial score (nSPS) is 19.3. The third-order valence-corrected chi connectivity index (χ3v) is 6.98. The SMILES string of the molecule is C=CCc1onc(C2CCN(CCc3c(C)nc4n(c3=O)CCCC4OC(C)=O)CC2)c1C. The molecule has 2 aliphatic rings. The first-order valence-electron chi connectivity index (χ1n) is 11.9. The van der Waals surface area contributed by atoms with Crippen LogP contribution in [0, 0.1) is 13.8 Å². The van der Waals surface area contributed by atoms with E-state index in [0.717, 1.165) is 67.2 Å². The first-order chi connectivity index (χ1) is 15.9. The van der Waals surface area contributed by atoms with E-state index in [0.29, 0.717) is 37.5 Å². The molecular formula is C25H34N4O4. The molecule has 2 aromatic rings. The molecule has 0 spiro atoms. The molecular weight excluding hydrogens is 420 g/mol. The van der Waals surface area contributed by atoms with E-state index in [4.69, 9.17) is 14.2 Å². The molecule has 2 aliphatic heterocycles. The number of piperidine rings is 1. The summed E-state index contributed by atoms with van der Waals surface area (Å²) in [4.78, 5) is 31.8. The van der Waals surface area contributed by atoms with Crippen LogP contribution in [-0.4, -0.2) is 45.2 Å². The van der Waals surface area contributed by atoms with Crippen molar-refractivity contribution in [3.63, 3.8) is 0 Å². The molecule has 4 rings (SSSR count). The number of ether oxygens (including phenoxy) is 1. The number of aryl methyl sites for hydroxylation is 1. The third-order valence-electron chi connectivity index (χ3n) is 6.98. The van der Waals surface area contributed by atoms with E-state index in [1.54, 1.807) is 4.57 Å². The lowest BCUT2D eigenvalue weighted by atomic mass is 9.90. The van der Waals surface area contributed by atoms with Gasteiger partial charge in [0.25, 0.3) is 5.56 Å². The quantitative estimate of drug-likeness (QED) is 0.468. The van der Waals surface area contributed by atoms with Crippen LogP contribution < -0.4 is 5.56 Å². The fourth-order valence-corrected chi connectivity index (χ4v) is 5.13. The molecule has 178 valence electrons. The van der Waals surface area contributed by atoms with Gasteiger partial charge in [0.2, 0.25) is 0 Å². The van der Waals surface area contributed by atoms with Crippen molar-refractivity contribution in [2.45, 2.75) is 77.9 Å². The van der Waals surface area contributed by atoms with Gasteiger partial charge in [0, 0.05) is 49.2 Å². The molecule has 4 heterocycles. The second-order valence-corrected chi connectivity index (χ2v) is 9.21. The summed E-state index contributed by atoms with van der Waals surface area (Å²) in [5, 5.41) is 4.34. The molecule has 8 nitrogen and oxygen atoms in total. The largest absolute Gasteiger partial charge is 0.454 e. The lowest BCUT2D eigenvalue weighted by Crippen LogP contribution is -2.38. The summed E-state index contributed by atoms with van der Waals surface area (Å²) in [5.74, 6) is 1.57. The summed E-state index contributed by atoms with van der Waals surface area (Å²) in [6.45, 7) is 12.6. The molecule has 0 aromatic carbocycles. The second-order valence-electron chi connectivity index (χ2n) is 9.21. The zero-order valence-electron chi connectivity index (χ0n) is 19.9. The molecule has 1 atom stereocenters. The van der Waals surface area contributed by atoms with Crippen LogP contribution in [0.3, 0.4) is 0 Å². The molecule has 1 unspecified atom stereocenters. The van der Waals surface area contributed by atoms with Crippen molar-refractivity contribution in [3.8, 4) is 0 Å². The number of fused-ring (bicyclic) bond motifs is 1. The van der Waals surface area contributed by atoms with Gasteiger partial charge in [-0.15, -0.1) is 6.58 Å². The van der Waals surface area contributed by atoms with Gasteiger partial charge in [0.15, 0.2) is 11.9 Å². The molecule has 33 heavy (non-hydrogen) atoms. The minimum absolute atomic E-state index is 0.0113. The molecule has 0 amide bonds. The molecule has 0 radical (unpaired) electrons. The Hall–Kier alpha value is -2.74. The zero-order valence-corrected chi connectivity index (χ0v) is 19.9. The highest BCUT2D eigenvalue weighted by Crippen LogP contribution is 2.31. The number of carbonyl (C=O) groups excluding carboxylic acids is 1. The Morgan fingerprint density at radius 1 is 1.24 bits per heavy atom. The summed E-state index contributed by atoms with van der Waals surface area (Å²) in [6, 6.07) is 0. The highest BCUT2D eigenvalue weighted by Gasteiger charge is 2.28. The topological polar surface area (TPSA) is 90.5 Å². The van der Waals surface area contributed by atoms with Crippen molar-refractivity contribution in [2.75, 3.05) is 19.6 Å². The van der Waals surface area contributed by atoms with Crippen LogP contribution in [0.25, 0.3) is 0 Å². The molecule has 1 saturated heterocycles. The van der Waals surface area contributed by atoms with Crippen LogP contribution in [-0.2, 0) is 28.9 Å². The number of carbonyl (C=O) groups is 1. The standard InChI is InChI=1S/C25H34N4O4/c1-5-7-21-16(2)23(27-33-21)19-9-13-28(14-10-19)15-11-20-17(3)26-24-22(32-18(4)30)8-6-12-29(24)25(20)31/h5,19,22H,1,6-15H2,2-4H3.